The van der Waals surface area contributed by atoms with E-state index < -0.39 is 46.0 Å². The maximum Gasteiger partial charge on any atom is 0.339 e. The Morgan fingerprint density at radius 2 is 1.60 bits per heavy atom. The lowest BCUT2D eigenvalue weighted by atomic mass is 9.51. The molecule has 7 rings (SSSR count). The van der Waals surface area contributed by atoms with E-state index >= 15 is 0 Å². The summed E-state index contributed by atoms with van der Waals surface area (Å²) < 4.78 is 4.76. The summed E-state index contributed by atoms with van der Waals surface area (Å²) in [5, 5.41) is 13.1. The summed E-state index contributed by atoms with van der Waals surface area (Å²) in [6.07, 6.45) is 0. The van der Waals surface area contributed by atoms with E-state index in [-0.39, 0.29) is 16.3 Å². The predicted octanol–water partition coefficient (Wildman–Crippen LogP) is 3.91. The van der Waals surface area contributed by atoms with Crippen LogP contribution in [0.4, 0.5) is 5.69 Å². The summed E-state index contributed by atoms with van der Waals surface area (Å²) in [7, 11) is 1.19. The van der Waals surface area contributed by atoms with Crippen molar-refractivity contribution in [2.24, 2.45) is 11.8 Å². The number of methoxy groups -OCH3 is 1. The number of imide groups is 1. The Hall–Kier alpha value is -4.04. The summed E-state index contributed by atoms with van der Waals surface area (Å²) in [6.45, 7) is 0. The molecule has 0 unspecified atom stereocenters. The van der Waals surface area contributed by atoms with Gasteiger partial charge in [0.05, 0.1) is 29.3 Å². The Balaban J connectivity index is 1.61. The molecule has 0 spiro atoms. The van der Waals surface area contributed by atoms with Gasteiger partial charge in [-0.3, -0.25) is 19.7 Å². The van der Waals surface area contributed by atoms with Crippen molar-refractivity contribution in [2.45, 2.75) is 11.5 Å². The molecule has 3 aromatic carbocycles. The molecule has 0 saturated carbocycles. The zero-order chi connectivity index (χ0) is 24.6. The van der Waals surface area contributed by atoms with Crippen molar-refractivity contribution >= 4 is 35.1 Å². The molecule has 4 aliphatic rings. The number of carbonyl (C=O) groups excluding carboxylic acids is 3. The van der Waals surface area contributed by atoms with Gasteiger partial charge in [-0.2, -0.15) is 0 Å². The average molecular weight is 489 g/mol. The Morgan fingerprint density at radius 3 is 2.17 bits per heavy atom. The number of halogens is 1. The fraction of sp³-hybridized carbons (Fsp3) is 0.192. The fourth-order valence-electron chi connectivity index (χ4n) is 6.22. The van der Waals surface area contributed by atoms with Gasteiger partial charge in [0.15, 0.2) is 0 Å². The molecule has 35 heavy (non-hydrogen) atoms. The van der Waals surface area contributed by atoms with Crippen LogP contribution in [0.25, 0.3) is 0 Å². The molecule has 2 atom stereocenters. The Kier molecular flexibility index (Phi) is 4.44. The number of amides is 2. The molecular weight excluding hydrogens is 472 g/mol. The first-order chi connectivity index (χ1) is 16.8. The highest BCUT2D eigenvalue weighted by molar-refractivity contribution is 6.34. The molecular formula is C26H17ClN2O6. The van der Waals surface area contributed by atoms with Crippen molar-refractivity contribution in [1.82, 2.24) is 0 Å². The van der Waals surface area contributed by atoms with E-state index in [0.29, 0.717) is 22.3 Å². The molecule has 1 saturated heterocycles. The molecule has 174 valence electrons. The molecule has 1 aliphatic heterocycles. The van der Waals surface area contributed by atoms with Crippen LogP contribution in [0.5, 0.6) is 0 Å². The number of carbonyl (C=O) groups is 3. The van der Waals surface area contributed by atoms with E-state index in [1.807, 2.05) is 0 Å². The number of nitrogens with zero attached hydrogens (tertiary/aromatic N) is 2. The molecule has 2 bridgehead atoms. The first kappa shape index (κ1) is 21.5. The quantitative estimate of drug-likeness (QED) is 0.239. The summed E-state index contributed by atoms with van der Waals surface area (Å²) >= 11 is 6.13. The molecule has 9 heteroatoms. The summed E-state index contributed by atoms with van der Waals surface area (Å²) in [6, 6.07) is 18.1. The number of rotatable bonds is 3. The van der Waals surface area contributed by atoms with Crippen LogP contribution in [0.15, 0.2) is 66.7 Å². The molecule has 0 aromatic heterocycles. The van der Waals surface area contributed by atoms with Crippen molar-refractivity contribution in [3.63, 3.8) is 0 Å². The van der Waals surface area contributed by atoms with Gasteiger partial charge >= 0.3 is 5.97 Å². The average Bonchev–Trinajstić information content (AvgIpc) is 3.14. The monoisotopic (exact) mass is 488 g/mol. The van der Waals surface area contributed by atoms with Gasteiger partial charge in [0.2, 0.25) is 11.8 Å². The molecule has 3 aromatic rings. The van der Waals surface area contributed by atoms with E-state index in [1.54, 1.807) is 48.5 Å². The van der Waals surface area contributed by atoms with Gasteiger partial charge in [-0.1, -0.05) is 60.1 Å². The third-order valence-electron chi connectivity index (χ3n) is 7.47. The van der Waals surface area contributed by atoms with E-state index in [1.165, 1.54) is 25.3 Å². The number of hydrogen-bond acceptors (Lipinski definition) is 6. The van der Waals surface area contributed by atoms with Gasteiger partial charge < -0.3 is 4.74 Å². The van der Waals surface area contributed by atoms with Crippen LogP contribution in [-0.2, 0) is 19.9 Å². The maximum atomic E-state index is 14.0. The zero-order valence-corrected chi connectivity index (χ0v) is 19.1. The van der Waals surface area contributed by atoms with Crippen LogP contribution < -0.4 is 4.90 Å². The Bertz CT molecular complexity index is 1440. The third kappa shape index (κ3) is 2.49. The smallest absolute Gasteiger partial charge is 0.339 e. The van der Waals surface area contributed by atoms with Crippen LogP contribution >= 0.6 is 11.6 Å². The summed E-state index contributed by atoms with van der Waals surface area (Å²) in [4.78, 5) is 53.5. The van der Waals surface area contributed by atoms with Crippen molar-refractivity contribution in [3.8, 4) is 0 Å². The van der Waals surface area contributed by atoms with Crippen molar-refractivity contribution in [2.75, 3.05) is 12.0 Å². The van der Waals surface area contributed by atoms with Crippen LogP contribution in [0.3, 0.4) is 0 Å². The lowest BCUT2D eigenvalue weighted by Crippen LogP contribution is -2.57. The topological polar surface area (TPSA) is 107 Å². The second-order valence-electron chi connectivity index (χ2n) is 8.85. The Morgan fingerprint density at radius 1 is 1.00 bits per heavy atom. The lowest BCUT2D eigenvalue weighted by molar-refractivity contribution is -0.578. The van der Waals surface area contributed by atoms with Crippen LogP contribution in [0.1, 0.15) is 38.5 Å². The van der Waals surface area contributed by atoms with E-state index in [0.717, 1.165) is 4.90 Å². The minimum atomic E-state index is -1.91. The fourth-order valence-corrected chi connectivity index (χ4v) is 6.41. The molecule has 0 N–H and O–H groups in total. The highest BCUT2D eigenvalue weighted by Crippen LogP contribution is 2.64. The number of hydrogen-bond donors (Lipinski definition) is 0. The van der Waals surface area contributed by atoms with E-state index in [4.69, 9.17) is 16.3 Å². The highest BCUT2D eigenvalue weighted by Gasteiger charge is 2.74. The first-order valence-corrected chi connectivity index (χ1v) is 11.3. The number of nitro groups is 1. The van der Waals surface area contributed by atoms with Gasteiger partial charge in [-0.05, 0) is 29.3 Å². The largest absolute Gasteiger partial charge is 0.465 e. The minimum absolute atomic E-state index is 0.0133. The third-order valence-corrected chi connectivity index (χ3v) is 7.80. The number of ether oxygens (including phenoxy) is 1. The molecule has 2 amide bonds. The second-order valence-corrected chi connectivity index (χ2v) is 9.25. The summed E-state index contributed by atoms with van der Waals surface area (Å²) in [5.74, 6) is -4.66. The summed E-state index contributed by atoms with van der Waals surface area (Å²) in [5.41, 5.74) is 0.419. The van der Waals surface area contributed by atoms with Crippen molar-refractivity contribution < 1.29 is 24.0 Å². The normalized spacial score (nSPS) is 25.7. The second kappa shape index (κ2) is 7.23. The maximum absolute atomic E-state index is 14.0. The molecule has 8 nitrogen and oxygen atoms in total. The SMILES string of the molecule is COC(=O)c1cc(N2C(=O)[C@@H]3[C@@H](C2=O)C2c4ccccc4C3([N+](=O)[O-])c3ccccc32)ccc1Cl. The van der Waals surface area contributed by atoms with Crippen LogP contribution in [0, 0.1) is 22.0 Å². The highest BCUT2D eigenvalue weighted by atomic mass is 35.5. The first-order valence-electron chi connectivity index (χ1n) is 10.9. The van der Waals surface area contributed by atoms with E-state index in [9.17, 15) is 24.5 Å². The van der Waals surface area contributed by atoms with Gasteiger partial charge in [-0.25, -0.2) is 9.69 Å². The van der Waals surface area contributed by atoms with Gasteiger partial charge in [0.25, 0.3) is 5.54 Å². The van der Waals surface area contributed by atoms with Gasteiger partial charge in [-0.15, -0.1) is 0 Å². The van der Waals surface area contributed by atoms with Crippen LogP contribution in [-0.4, -0.2) is 29.8 Å². The van der Waals surface area contributed by atoms with E-state index in [2.05, 4.69) is 0 Å². The van der Waals surface area contributed by atoms with Crippen molar-refractivity contribution in [3.05, 3.63) is 110 Å². The van der Waals surface area contributed by atoms with Crippen LogP contribution in [0.2, 0.25) is 5.02 Å². The lowest BCUT2D eigenvalue weighted by Gasteiger charge is -2.48. The number of benzene rings is 3. The molecule has 0 radical (unpaired) electrons. The van der Waals surface area contributed by atoms with Gasteiger partial charge in [0, 0.05) is 22.0 Å². The molecule has 3 aliphatic carbocycles. The Labute approximate surface area is 204 Å². The minimum Gasteiger partial charge on any atom is -0.465 e. The molecule has 1 heterocycles. The van der Waals surface area contributed by atoms with Crippen molar-refractivity contribution in [1.29, 1.82) is 0 Å². The standard InChI is InChI=1S/C26H17ClN2O6/c1-35-25(32)16-12-13(10-11-19(16)27)28-23(30)21-20-14-6-2-4-8-17(14)26(29(33)34,22(21)24(28)31)18-9-5-3-7-15(18)20/h2-12,20-22H,1H3/t20?,21-,22-,26?/m0/s1. The molecule has 1 fully saturated rings. The van der Waals surface area contributed by atoms with Gasteiger partial charge in [0.1, 0.15) is 5.92 Å². The zero-order valence-electron chi connectivity index (χ0n) is 18.3. The number of esters is 1. The predicted molar refractivity (Wildman–Crippen MR) is 125 cm³/mol. The number of anilines is 1.